The van der Waals surface area contributed by atoms with Gasteiger partial charge in [0.25, 0.3) is 5.91 Å². The number of hydrogen-bond acceptors (Lipinski definition) is 2. The summed E-state index contributed by atoms with van der Waals surface area (Å²) in [6.45, 7) is 4.93. The van der Waals surface area contributed by atoms with Gasteiger partial charge in [-0.25, -0.2) is 9.82 Å². The minimum absolute atomic E-state index is 0.354. The number of rotatable bonds is 5. The van der Waals surface area contributed by atoms with Gasteiger partial charge in [-0.05, 0) is 55.3 Å². The fourth-order valence-electron chi connectivity index (χ4n) is 3.60. The predicted octanol–water partition coefficient (Wildman–Crippen LogP) is 5.21. The molecule has 4 rings (SSSR count). The Morgan fingerprint density at radius 1 is 1.00 bits per heavy atom. The number of hydrazone groups is 1. The molecular weight excluding hydrogens is 377 g/mol. The summed E-state index contributed by atoms with van der Waals surface area (Å²) in [7, 11) is 0. The summed E-state index contributed by atoms with van der Waals surface area (Å²) in [5, 5.41) is 5.23. The zero-order valence-electron chi connectivity index (χ0n) is 16.9. The summed E-state index contributed by atoms with van der Waals surface area (Å²) in [6, 6.07) is 21.9. The summed E-state index contributed by atoms with van der Waals surface area (Å²) >= 11 is 0. The van der Waals surface area contributed by atoms with E-state index in [0.717, 1.165) is 28.7 Å². The van der Waals surface area contributed by atoms with Crippen LogP contribution in [0.15, 0.2) is 77.9 Å². The maximum absolute atomic E-state index is 13.0. The molecule has 0 atom stereocenters. The number of hydrogen-bond donors (Lipinski definition) is 1. The molecule has 5 heteroatoms. The molecule has 4 nitrogen and oxygen atoms in total. The van der Waals surface area contributed by atoms with E-state index >= 15 is 0 Å². The highest BCUT2D eigenvalue weighted by Gasteiger charge is 2.13. The van der Waals surface area contributed by atoms with Crippen LogP contribution in [-0.2, 0) is 6.54 Å². The van der Waals surface area contributed by atoms with E-state index in [0.29, 0.717) is 5.56 Å². The Labute approximate surface area is 174 Å². The number of para-hydroxylation sites is 1. The van der Waals surface area contributed by atoms with E-state index in [1.165, 1.54) is 35.4 Å². The van der Waals surface area contributed by atoms with Crippen molar-refractivity contribution in [1.29, 1.82) is 0 Å². The van der Waals surface area contributed by atoms with E-state index in [2.05, 4.69) is 59.3 Å². The zero-order chi connectivity index (χ0) is 21.1. The van der Waals surface area contributed by atoms with Gasteiger partial charge in [0.15, 0.2) is 0 Å². The third kappa shape index (κ3) is 3.87. The molecule has 0 spiro atoms. The molecule has 0 bridgehead atoms. The van der Waals surface area contributed by atoms with Gasteiger partial charge in [-0.3, -0.25) is 4.79 Å². The fraction of sp³-hybridized carbons (Fsp3) is 0.120. The van der Waals surface area contributed by atoms with Crippen LogP contribution >= 0.6 is 0 Å². The summed E-state index contributed by atoms with van der Waals surface area (Å²) < 4.78 is 15.3. The lowest BCUT2D eigenvalue weighted by Crippen LogP contribution is -2.17. The number of amides is 1. The highest BCUT2D eigenvalue weighted by atomic mass is 19.1. The standard InChI is InChI=1S/C25H22FN3O/c1-17-7-3-4-8-20(17)16-29-18(2)23(22-9-5-6-10-24(22)29)15-27-28-25(30)19-11-13-21(26)14-12-19/h3-15H,16H2,1-2H3,(H,28,30)/b27-15-. The normalized spacial score (nSPS) is 11.3. The molecule has 4 aromatic rings. The van der Waals surface area contributed by atoms with Gasteiger partial charge < -0.3 is 4.57 Å². The molecule has 3 aromatic carbocycles. The molecule has 1 amide bonds. The molecule has 1 N–H and O–H groups in total. The smallest absolute Gasteiger partial charge is 0.271 e. The van der Waals surface area contributed by atoms with Gasteiger partial charge in [0, 0.05) is 34.3 Å². The summed E-state index contributed by atoms with van der Waals surface area (Å²) in [5.41, 5.74) is 8.53. The molecular formula is C25H22FN3O. The van der Waals surface area contributed by atoms with Crippen LogP contribution in [0.4, 0.5) is 4.39 Å². The van der Waals surface area contributed by atoms with E-state index in [1.807, 2.05) is 18.2 Å². The Kier molecular flexibility index (Phi) is 5.44. The number of halogens is 1. The van der Waals surface area contributed by atoms with Crippen LogP contribution < -0.4 is 5.43 Å². The maximum Gasteiger partial charge on any atom is 0.271 e. The molecule has 0 aliphatic carbocycles. The maximum atomic E-state index is 13.0. The van der Waals surface area contributed by atoms with Gasteiger partial charge in [0.2, 0.25) is 0 Å². The van der Waals surface area contributed by atoms with Gasteiger partial charge in [0.1, 0.15) is 5.82 Å². The van der Waals surface area contributed by atoms with E-state index < -0.39 is 0 Å². The second kappa shape index (κ2) is 8.33. The highest BCUT2D eigenvalue weighted by Crippen LogP contribution is 2.26. The Morgan fingerprint density at radius 3 is 2.47 bits per heavy atom. The molecule has 0 fully saturated rings. The number of aromatic nitrogens is 1. The minimum Gasteiger partial charge on any atom is -0.340 e. The van der Waals surface area contributed by atoms with E-state index in [4.69, 9.17) is 0 Å². The molecule has 1 aromatic heterocycles. The monoisotopic (exact) mass is 399 g/mol. The van der Waals surface area contributed by atoms with E-state index in [1.54, 1.807) is 6.21 Å². The summed E-state index contributed by atoms with van der Waals surface area (Å²) in [6.07, 6.45) is 1.67. The van der Waals surface area contributed by atoms with E-state index in [-0.39, 0.29) is 11.7 Å². The lowest BCUT2D eigenvalue weighted by Gasteiger charge is -2.11. The Hall–Kier alpha value is -3.73. The number of carbonyl (C=O) groups is 1. The first-order valence-corrected chi connectivity index (χ1v) is 9.76. The quantitative estimate of drug-likeness (QED) is 0.363. The van der Waals surface area contributed by atoms with Gasteiger partial charge in [-0.15, -0.1) is 0 Å². The molecule has 1 heterocycles. The zero-order valence-corrected chi connectivity index (χ0v) is 16.9. The number of aryl methyl sites for hydroxylation is 1. The second-order valence-corrected chi connectivity index (χ2v) is 7.23. The Balaban J connectivity index is 1.63. The second-order valence-electron chi connectivity index (χ2n) is 7.23. The van der Waals surface area contributed by atoms with Crippen molar-refractivity contribution in [1.82, 2.24) is 9.99 Å². The van der Waals surface area contributed by atoms with Gasteiger partial charge >= 0.3 is 0 Å². The van der Waals surface area contributed by atoms with Gasteiger partial charge in [-0.1, -0.05) is 42.5 Å². The molecule has 0 saturated heterocycles. The average Bonchev–Trinajstić information content (AvgIpc) is 3.01. The molecule has 0 saturated carbocycles. The van der Waals surface area contributed by atoms with Gasteiger partial charge in [0.05, 0.1) is 6.21 Å². The van der Waals surface area contributed by atoms with Crippen LogP contribution in [0, 0.1) is 19.7 Å². The number of nitrogens with zero attached hydrogens (tertiary/aromatic N) is 2. The lowest BCUT2D eigenvalue weighted by molar-refractivity contribution is 0.0955. The molecule has 150 valence electrons. The van der Waals surface area contributed by atoms with E-state index in [9.17, 15) is 9.18 Å². The molecule has 0 aliphatic heterocycles. The van der Waals surface area contributed by atoms with Crippen molar-refractivity contribution in [2.75, 3.05) is 0 Å². The van der Waals surface area contributed by atoms with Crippen molar-refractivity contribution in [2.45, 2.75) is 20.4 Å². The SMILES string of the molecule is Cc1ccccc1Cn1c(C)c(/C=N\NC(=O)c2ccc(F)cc2)c2ccccc21. The third-order valence-corrected chi connectivity index (χ3v) is 5.34. The largest absolute Gasteiger partial charge is 0.340 e. The minimum atomic E-state index is -0.382. The predicted molar refractivity (Wildman–Crippen MR) is 118 cm³/mol. The first-order chi connectivity index (χ1) is 14.5. The van der Waals surface area contributed by atoms with Crippen LogP contribution in [0.25, 0.3) is 10.9 Å². The average molecular weight is 399 g/mol. The first kappa shape index (κ1) is 19.6. The number of benzene rings is 3. The van der Waals surface area contributed by atoms with Crippen LogP contribution in [0.2, 0.25) is 0 Å². The molecule has 0 radical (unpaired) electrons. The van der Waals surface area contributed by atoms with Crippen molar-refractivity contribution in [3.8, 4) is 0 Å². The molecule has 30 heavy (non-hydrogen) atoms. The van der Waals surface area contributed by atoms with Crippen molar-refractivity contribution >= 4 is 23.0 Å². The summed E-state index contributed by atoms with van der Waals surface area (Å²) in [4.78, 5) is 12.2. The number of carbonyl (C=O) groups excluding carboxylic acids is 1. The van der Waals surface area contributed by atoms with Crippen LogP contribution in [0.3, 0.4) is 0 Å². The topological polar surface area (TPSA) is 46.4 Å². The Bertz CT molecular complexity index is 1240. The summed E-state index contributed by atoms with van der Waals surface area (Å²) in [5.74, 6) is -0.764. The Morgan fingerprint density at radius 2 is 1.70 bits per heavy atom. The lowest BCUT2D eigenvalue weighted by atomic mass is 10.1. The fourth-order valence-corrected chi connectivity index (χ4v) is 3.60. The van der Waals surface area contributed by atoms with Crippen LogP contribution in [0.1, 0.15) is 32.7 Å². The van der Waals surface area contributed by atoms with Crippen molar-refractivity contribution in [3.63, 3.8) is 0 Å². The van der Waals surface area contributed by atoms with Crippen molar-refractivity contribution in [3.05, 3.63) is 107 Å². The molecule has 0 aliphatic rings. The van der Waals surface area contributed by atoms with Crippen molar-refractivity contribution < 1.29 is 9.18 Å². The number of nitrogens with one attached hydrogen (secondary N) is 1. The third-order valence-electron chi connectivity index (χ3n) is 5.34. The molecule has 0 unspecified atom stereocenters. The first-order valence-electron chi connectivity index (χ1n) is 9.76. The van der Waals surface area contributed by atoms with Crippen LogP contribution in [-0.4, -0.2) is 16.7 Å². The highest BCUT2D eigenvalue weighted by molar-refractivity contribution is 6.02. The number of fused-ring (bicyclic) bond motifs is 1. The van der Waals surface area contributed by atoms with Crippen molar-refractivity contribution in [2.24, 2.45) is 5.10 Å². The van der Waals surface area contributed by atoms with Gasteiger partial charge in [-0.2, -0.15) is 5.10 Å². The van der Waals surface area contributed by atoms with Crippen LogP contribution in [0.5, 0.6) is 0 Å².